The van der Waals surface area contributed by atoms with Crippen molar-refractivity contribution in [3.05, 3.63) is 58.6 Å². The fourth-order valence-electron chi connectivity index (χ4n) is 2.70. The number of hydrogen-bond acceptors (Lipinski definition) is 3. The van der Waals surface area contributed by atoms with Crippen LogP contribution in [0.15, 0.2) is 46.9 Å². The molecular formula is C22H25ClN2O. The molecule has 0 atom stereocenters. The van der Waals surface area contributed by atoms with Crippen molar-refractivity contribution in [1.29, 1.82) is 0 Å². The van der Waals surface area contributed by atoms with E-state index in [9.17, 15) is 0 Å². The first kappa shape index (κ1) is 18.7. The number of halogens is 1. The quantitative estimate of drug-likeness (QED) is 0.508. The lowest BCUT2D eigenvalue weighted by Crippen LogP contribution is -2.16. The lowest BCUT2D eigenvalue weighted by molar-refractivity contribution is 0.564. The lowest BCUT2D eigenvalue weighted by Gasteiger charge is -2.25. The molecule has 0 unspecified atom stereocenters. The number of hydrogen-bond donors (Lipinski definition) is 0. The second kappa shape index (κ2) is 6.55. The van der Waals surface area contributed by atoms with E-state index in [1.54, 1.807) is 0 Å². The topological polar surface area (TPSA) is 38.9 Å². The summed E-state index contributed by atoms with van der Waals surface area (Å²) in [7, 11) is 0. The Balaban J connectivity index is 2.11. The first-order valence-corrected chi connectivity index (χ1v) is 9.18. The summed E-state index contributed by atoms with van der Waals surface area (Å²) in [6.07, 6.45) is 0. The van der Waals surface area contributed by atoms with Gasteiger partial charge in [-0.25, -0.2) is 0 Å². The third-order valence-corrected chi connectivity index (χ3v) is 4.77. The third kappa shape index (κ3) is 3.83. The Hall–Kier alpha value is -2.13. The van der Waals surface area contributed by atoms with Crippen molar-refractivity contribution in [2.45, 2.75) is 52.4 Å². The maximum atomic E-state index is 6.26. The Morgan fingerprint density at radius 3 is 1.85 bits per heavy atom. The highest BCUT2D eigenvalue weighted by Crippen LogP contribution is 2.35. The van der Waals surface area contributed by atoms with Crippen molar-refractivity contribution >= 4 is 11.6 Å². The van der Waals surface area contributed by atoms with Gasteiger partial charge in [-0.15, -0.1) is 10.2 Å². The highest BCUT2D eigenvalue weighted by atomic mass is 35.5. The van der Waals surface area contributed by atoms with Gasteiger partial charge in [0, 0.05) is 5.56 Å². The van der Waals surface area contributed by atoms with Crippen LogP contribution >= 0.6 is 11.6 Å². The molecule has 0 aliphatic heterocycles. The zero-order chi connectivity index (χ0) is 19.1. The summed E-state index contributed by atoms with van der Waals surface area (Å²) in [6.45, 7) is 13.3. The Bertz CT molecular complexity index is 898. The molecule has 4 heteroatoms. The van der Waals surface area contributed by atoms with Crippen LogP contribution in [0.25, 0.3) is 22.9 Å². The molecule has 0 amide bonds. The number of nitrogens with zero attached hydrogens (tertiary/aromatic N) is 2. The van der Waals surface area contributed by atoms with Gasteiger partial charge in [-0.05, 0) is 46.2 Å². The predicted molar refractivity (Wildman–Crippen MR) is 108 cm³/mol. The SMILES string of the molecule is CC(C)(C)c1cc(-c2nnc(-c3ccccc3Cl)o2)cc(C(C)(C)C)c1. The van der Waals surface area contributed by atoms with Crippen LogP contribution in [0.3, 0.4) is 0 Å². The van der Waals surface area contributed by atoms with Crippen LogP contribution in [0.1, 0.15) is 52.7 Å². The summed E-state index contributed by atoms with van der Waals surface area (Å²) >= 11 is 6.26. The Labute approximate surface area is 160 Å². The van der Waals surface area contributed by atoms with Crippen LogP contribution in [0.2, 0.25) is 5.02 Å². The summed E-state index contributed by atoms with van der Waals surface area (Å²) in [5.41, 5.74) is 4.24. The Morgan fingerprint density at radius 2 is 1.31 bits per heavy atom. The zero-order valence-electron chi connectivity index (χ0n) is 16.2. The van der Waals surface area contributed by atoms with Gasteiger partial charge in [0.1, 0.15) is 0 Å². The second-order valence-corrected chi connectivity index (χ2v) is 9.10. The highest BCUT2D eigenvalue weighted by molar-refractivity contribution is 6.33. The van der Waals surface area contributed by atoms with E-state index in [1.165, 1.54) is 11.1 Å². The molecule has 3 nitrogen and oxygen atoms in total. The van der Waals surface area contributed by atoms with Crippen molar-refractivity contribution in [1.82, 2.24) is 10.2 Å². The van der Waals surface area contributed by atoms with Gasteiger partial charge in [0.05, 0.1) is 10.6 Å². The zero-order valence-corrected chi connectivity index (χ0v) is 17.0. The van der Waals surface area contributed by atoms with Crippen LogP contribution < -0.4 is 0 Å². The van der Waals surface area contributed by atoms with Crippen molar-refractivity contribution in [3.8, 4) is 22.9 Å². The van der Waals surface area contributed by atoms with Crippen molar-refractivity contribution < 1.29 is 4.42 Å². The molecule has 0 bridgehead atoms. The minimum atomic E-state index is 0.0294. The molecule has 0 saturated heterocycles. The average molecular weight is 369 g/mol. The fourth-order valence-corrected chi connectivity index (χ4v) is 2.92. The molecule has 136 valence electrons. The van der Waals surface area contributed by atoms with Crippen LogP contribution in [0.4, 0.5) is 0 Å². The second-order valence-electron chi connectivity index (χ2n) is 8.69. The molecule has 0 radical (unpaired) electrons. The maximum absolute atomic E-state index is 6.26. The average Bonchev–Trinajstić information content (AvgIpc) is 3.03. The lowest BCUT2D eigenvalue weighted by atomic mass is 9.79. The van der Waals surface area contributed by atoms with Gasteiger partial charge in [-0.2, -0.15) is 0 Å². The molecule has 0 spiro atoms. The normalized spacial score (nSPS) is 12.4. The van der Waals surface area contributed by atoms with Gasteiger partial charge in [-0.1, -0.05) is 71.3 Å². The van der Waals surface area contributed by atoms with Gasteiger partial charge in [0.25, 0.3) is 0 Å². The van der Waals surface area contributed by atoms with Gasteiger partial charge >= 0.3 is 0 Å². The summed E-state index contributed by atoms with van der Waals surface area (Å²) in [5.74, 6) is 0.945. The van der Waals surface area contributed by atoms with E-state index in [1.807, 2.05) is 24.3 Å². The van der Waals surface area contributed by atoms with Crippen LogP contribution in [-0.2, 0) is 10.8 Å². The van der Waals surface area contributed by atoms with Crippen molar-refractivity contribution in [3.63, 3.8) is 0 Å². The predicted octanol–water partition coefficient (Wildman–Crippen LogP) is 6.65. The number of benzene rings is 2. The molecule has 3 aromatic rings. The smallest absolute Gasteiger partial charge is 0.249 e. The molecule has 2 aromatic carbocycles. The summed E-state index contributed by atoms with van der Waals surface area (Å²) in [6, 6.07) is 14.0. The van der Waals surface area contributed by atoms with Crippen LogP contribution in [-0.4, -0.2) is 10.2 Å². The minimum absolute atomic E-state index is 0.0294. The molecule has 0 saturated carbocycles. The summed E-state index contributed by atoms with van der Waals surface area (Å²) < 4.78 is 5.97. The highest BCUT2D eigenvalue weighted by Gasteiger charge is 2.22. The number of rotatable bonds is 2. The van der Waals surface area contributed by atoms with E-state index in [0.717, 1.165) is 11.1 Å². The molecule has 1 heterocycles. The standard InChI is InChI=1S/C22H25ClN2O/c1-21(2,3)15-11-14(12-16(13-15)22(4,5)6)19-24-25-20(26-19)17-9-7-8-10-18(17)23/h7-13H,1-6H3. The van der Waals surface area contributed by atoms with Crippen molar-refractivity contribution in [2.75, 3.05) is 0 Å². The monoisotopic (exact) mass is 368 g/mol. The molecule has 3 rings (SSSR count). The van der Waals surface area contributed by atoms with Gasteiger partial charge in [0.15, 0.2) is 0 Å². The maximum Gasteiger partial charge on any atom is 0.249 e. The third-order valence-electron chi connectivity index (χ3n) is 4.44. The van der Waals surface area contributed by atoms with E-state index < -0.39 is 0 Å². The first-order valence-electron chi connectivity index (χ1n) is 8.80. The summed E-state index contributed by atoms with van der Waals surface area (Å²) in [5, 5.41) is 9.08. The van der Waals surface area contributed by atoms with E-state index in [4.69, 9.17) is 16.0 Å². The van der Waals surface area contributed by atoms with Gasteiger partial charge in [0.2, 0.25) is 11.8 Å². The minimum Gasteiger partial charge on any atom is -0.416 e. The van der Waals surface area contributed by atoms with E-state index >= 15 is 0 Å². The van der Waals surface area contributed by atoms with E-state index in [2.05, 4.69) is 69.9 Å². The molecule has 0 aliphatic rings. The molecule has 0 N–H and O–H groups in total. The van der Waals surface area contributed by atoms with Gasteiger partial charge in [-0.3, -0.25) is 0 Å². The molecule has 26 heavy (non-hydrogen) atoms. The first-order chi connectivity index (χ1) is 12.1. The fraction of sp³-hybridized carbons (Fsp3) is 0.364. The number of aromatic nitrogens is 2. The van der Waals surface area contributed by atoms with Gasteiger partial charge < -0.3 is 4.42 Å². The molecule has 0 fully saturated rings. The molecule has 0 aliphatic carbocycles. The summed E-state index contributed by atoms with van der Waals surface area (Å²) in [4.78, 5) is 0. The van der Waals surface area contributed by atoms with Crippen LogP contribution in [0.5, 0.6) is 0 Å². The van der Waals surface area contributed by atoms with E-state index in [-0.39, 0.29) is 10.8 Å². The van der Waals surface area contributed by atoms with E-state index in [0.29, 0.717) is 16.8 Å². The molecular weight excluding hydrogens is 344 g/mol. The Morgan fingerprint density at radius 1 is 0.769 bits per heavy atom. The Kier molecular flexibility index (Phi) is 4.70. The largest absolute Gasteiger partial charge is 0.416 e. The van der Waals surface area contributed by atoms with Crippen LogP contribution in [0, 0.1) is 0 Å². The van der Waals surface area contributed by atoms with Crippen molar-refractivity contribution in [2.24, 2.45) is 0 Å². The molecule has 1 aromatic heterocycles.